The summed E-state index contributed by atoms with van der Waals surface area (Å²) in [5.41, 5.74) is 3.83. The lowest BCUT2D eigenvalue weighted by molar-refractivity contribution is 0.122. The van der Waals surface area contributed by atoms with E-state index in [1.54, 1.807) is 0 Å². The van der Waals surface area contributed by atoms with Gasteiger partial charge in [0.15, 0.2) is 11.5 Å². The first kappa shape index (κ1) is 16.2. The van der Waals surface area contributed by atoms with Gasteiger partial charge in [-0.2, -0.15) is 0 Å². The summed E-state index contributed by atoms with van der Waals surface area (Å²) in [5, 5.41) is 3.17. The third-order valence-corrected chi connectivity index (χ3v) is 4.96. The summed E-state index contributed by atoms with van der Waals surface area (Å²) in [5.74, 6) is 1.74. The number of rotatable bonds is 5. The lowest BCUT2D eigenvalue weighted by Crippen LogP contribution is -2.45. The van der Waals surface area contributed by atoms with Gasteiger partial charge in [0.1, 0.15) is 0 Å². The zero-order chi connectivity index (χ0) is 17.1. The number of hydrogen-bond donors (Lipinski definition) is 1. The molecule has 4 rings (SSSR count). The Balaban J connectivity index is 1.28. The number of piperazine rings is 1. The number of nitrogens with one attached hydrogen (secondary N) is 1. The van der Waals surface area contributed by atoms with Crippen molar-refractivity contribution in [3.05, 3.63) is 53.6 Å². The molecule has 2 heterocycles. The number of hydrogen-bond acceptors (Lipinski definition) is 5. The highest BCUT2D eigenvalue weighted by atomic mass is 16.7. The minimum Gasteiger partial charge on any atom is -0.454 e. The monoisotopic (exact) mass is 339 g/mol. The van der Waals surface area contributed by atoms with Gasteiger partial charge < -0.3 is 14.8 Å². The SMILES string of the molecule is CNc1ccc(CN2CCN(Cc3ccc4c(c3)OCO4)CC2)cc1. The Morgan fingerprint density at radius 1 is 0.800 bits per heavy atom. The second kappa shape index (κ2) is 7.33. The third-order valence-electron chi connectivity index (χ3n) is 4.96. The predicted octanol–water partition coefficient (Wildman–Crippen LogP) is 2.77. The minimum absolute atomic E-state index is 0.340. The van der Waals surface area contributed by atoms with Crippen molar-refractivity contribution in [3.8, 4) is 11.5 Å². The van der Waals surface area contributed by atoms with E-state index < -0.39 is 0 Å². The van der Waals surface area contributed by atoms with Crippen molar-refractivity contribution < 1.29 is 9.47 Å². The van der Waals surface area contributed by atoms with E-state index in [4.69, 9.17) is 9.47 Å². The second-order valence-electron chi connectivity index (χ2n) is 6.69. The minimum atomic E-state index is 0.340. The van der Waals surface area contributed by atoms with Crippen LogP contribution in [0.5, 0.6) is 11.5 Å². The van der Waals surface area contributed by atoms with Gasteiger partial charge in [-0.1, -0.05) is 18.2 Å². The molecular weight excluding hydrogens is 314 g/mol. The number of nitrogens with zero attached hydrogens (tertiary/aromatic N) is 2. The van der Waals surface area contributed by atoms with E-state index >= 15 is 0 Å². The number of anilines is 1. The van der Waals surface area contributed by atoms with Crippen LogP contribution in [0.1, 0.15) is 11.1 Å². The summed E-state index contributed by atoms with van der Waals surface area (Å²) in [6.45, 7) is 6.76. The van der Waals surface area contributed by atoms with Crippen LogP contribution < -0.4 is 14.8 Å². The van der Waals surface area contributed by atoms with Crippen LogP contribution in [0.4, 0.5) is 5.69 Å². The van der Waals surface area contributed by atoms with Gasteiger partial charge in [0, 0.05) is 52.0 Å². The molecule has 0 saturated carbocycles. The van der Waals surface area contributed by atoms with E-state index in [0.717, 1.165) is 56.5 Å². The zero-order valence-electron chi connectivity index (χ0n) is 14.7. The largest absolute Gasteiger partial charge is 0.454 e. The van der Waals surface area contributed by atoms with E-state index in [9.17, 15) is 0 Å². The summed E-state index contributed by atoms with van der Waals surface area (Å²) in [6.07, 6.45) is 0. The molecule has 2 aromatic carbocycles. The van der Waals surface area contributed by atoms with Gasteiger partial charge in [0.25, 0.3) is 0 Å². The Morgan fingerprint density at radius 2 is 1.40 bits per heavy atom. The molecule has 0 bridgehead atoms. The van der Waals surface area contributed by atoms with Crippen LogP contribution >= 0.6 is 0 Å². The molecule has 2 aliphatic heterocycles. The van der Waals surface area contributed by atoms with Gasteiger partial charge in [-0.05, 0) is 35.4 Å². The van der Waals surface area contributed by atoms with Crippen LogP contribution in [0, 0.1) is 0 Å². The fraction of sp³-hybridized carbons (Fsp3) is 0.400. The van der Waals surface area contributed by atoms with Crippen LogP contribution in [0.2, 0.25) is 0 Å². The smallest absolute Gasteiger partial charge is 0.231 e. The third kappa shape index (κ3) is 3.89. The molecule has 1 fully saturated rings. The van der Waals surface area contributed by atoms with Crippen molar-refractivity contribution >= 4 is 5.69 Å². The maximum Gasteiger partial charge on any atom is 0.231 e. The quantitative estimate of drug-likeness (QED) is 0.907. The Bertz CT molecular complexity index is 709. The molecule has 0 spiro atoms. The van der Waals surface area contributed by atoms with E-state index in [1.165, 1.54) is 11.1 Å². The first-order valence-electron chi connectivity index (χ1n) is 8.90. The molecule has 0 aliphatic carbocycles. The number of fused-ring (bicyclic) bond motifs is 1. The average molecular weight is 339 g/mol. The molecule has 2 aliphatic rings. The zero-order valence-corrected chi connectivity index (χ0v) is 14.7. The average Bonchev–Trinajstić information content (AvgIpc) is 3.12. The summed E-state index contributed by atoms with van der Waals surface area (Å²) < 4.78 is 10.9. The van der Waals surface area contributed by atoms with Crippen molar-refractivity contribution in [1.29, 1.82) is 0 Å². The van der Waals surface area contributed by atoms with Gasteiger partial charge in [0.05, 0.1) is 0 Å². The first-order chi connectivity index (χ1) is 12.3. The molecule has 0 atom stereocenters. The molecule has 1 N–H and O–H groups in total. The highest BCUT2D eigenvalue weighted by Crippen LogP contribution is 2.32. The van der Waals surface area contributed by atoms with E-state index in [-0.39, 0.29) is 0 Å². The van der Waals surface area contributed by atoms with Crippen LogP contribution in [0.25, 0.3) is 0 Å². The molecule has 5 heteroatoms. The van der Waals surface area contributed by atoms with Crippen molar-refractivity contribution in [3.63, 3.8) is 0 Å². The summed E-state index contributed by atoms with van der Waals surface area (Å²) >= 11 is 0. The van der Waals surface area contributed by atoms with Crippen LogP contribution in [0.15, 0.2) is 42.5 Å². The highest BCUT2D eigenvalue weighted by Gasteiger charge is 2.19. The molecule has 0 aromatic heterocycles. The van der Waals surface area contributed by atoms with Crippen molar-refractivity contribution in [2.45, 2.75) is 13.1 Å². The maximum atomic E-state index is 5.47. The van der Waals surface area contributed by atoms with Gasteiger partial charge >= 0.3 is 0 Å². The summed E-state index contributed by atoms with van der Waals surface area (Å²) in [7, 11) is 1.95. The highest BCUT2D eigenvalue weighted by molar-refractivity contribution is 5.45. The second-order valence-corrected chi connectivity index (χ2v) is 6.69. The fourth-order valence-corrected chi connectivity index (χ4v) is 3.44. The Labute approximate surface area is 149 Å². The topological polar surface area (TPSA) is 37.0 Å². The van der Waals surface area contributed by atoms with Crippen LogP contribution in [-0.2, 0) is 13.1 Å². The van der Waals surface area contributed by atoms with Gasteiger partial charge in [-0.25, -0.2) is 0 Å². The Kier molecular flexibility index (Phi) is 4.76. The molecule has 1 saturated heterocycles. The van der Waals surface area contributed by atoms with Gasteiger partial charge in [0.2, 0.25) is 6.79 Å². The van der Waals surface area contributed by atoms with Crippen molar-refractivity contribution in [2.75, 3.05) is 45.3 Å². The first-order valence-corrected chi connectivity index (χ1v) is 8.90. The van der Waals surface area contributed by atoms with E-state index in [0.29, 0.717) is 6.79 Å². The molecule has 132 valence electrons. The van der Waals surface area contributed by atoms with E-state index in [2.05, 4.69) is 51.5 Å². The molecule has 0 unspecified atom stereocenters. The lowest BCUT2D eigenvalue weighted by atomic mass is 10.1. The van der Waals surface area contributed by atoms with Crippen molar-refractivity contribution in [1.82, 2.24) is 9.80 Å². The van der Waals surface area contributed by atoms with Crippen molar-refractivity contribution in [2.24, 2.45) is 0 Å². The molecule has 0 amide bonds. The maximum absolute atomic E-state index is 5.47. The molecule has 0 radical (unpaired) electrons. The number of benzene rings is 2. The Hall–Kier alpha value is -2.24. The van der Waals surface area contributed by atoms with Crippen LogP contribution in [0.3, 0.4) is 0 Å². The Morgan fingerprint density at radius 3 is 2.08 bits per heavy atom. The summed E-state index contributed by atoms with van der Waals surface area (Å²) in [4.78, 5) is 5.04. The van der Waals surface area contributed by atoms with E-state index in [1.807, 2.05) is 13.1 Å². The fourth-order valence-electron chi connectivity index (χ4n) is 3.44. The molecule has 5 nitrogen and oxygen atoms in total. The number of ether oxygens (including phenoxy) is 2. The predicted molar refractivity (Wildman–Crippen MR) is 99.1 cm³/mol. The molecule has 2 aromatic rings. The summed E-state index contributed by atoms with van der Waals surface area (Å²) in [6, 6.07) is 15.0. The lowest BCUT2D eigenvalue weighted by Gasteiger charge is -2.34. The molecular formula is C20H25N3O2. The van der Waals surface area contributed by atoms with Crippen LogP contribution in [-0.4, -0.2) is 49.8 Å². The standard InChI is InChI=1S/C20H25N3O2/c1-21-18-5-2-16(3-6-18)13-22-8-10-23(11-9-22)14-17-4-7-19-20(12-17)25-15-24-19/h2-7,12,21H,8-11,13-15H2,1H3. The van der Waals surface area contributed by atoms with Gasteiger partial charge in [-0.15, -0.1) is 0 Å². The molecule has 25 heavy (non-hydrogen) atoms. The van der Waals surface area contributed by atoms with Gasteiger partial charge in [-0.3, -0.25) is 9.80 Å². The normalized spacial score (nSPS) is 17.6.